The average Bonchev–Trinajstić information content (AvgIpc) is 2.62. The summed E-state index contributed by atoms with van der Waals surface area (Å²) in [7, 11) is -3.75. The third-order valence-electron chi connectivity index (χ3n) is 4.30. The lowest BCUT2D eigenvalue weighted by molar-refractivity contribution is -0.129. The molecule has 2 aromatic carbocycles. The lowest BCUT2D eigenvalue weighted by atomic mass is 10.1. The predicted octanol–water partition coefficient (Wildman–Crippen LogP) is 3.09. The molecule has 0 spiro atoms. The zero-order chi connectivity index (χ0) is 18.7. The quantitative estimate of drug-likeness (QED) is 0.818. The topological polar surface area (TPSA) is 83.6 Å². The highest BCUT2D eigenvalue weighted by molar-refractivity contribution is 7.92. The molecule has 6 nitrogen and oxygen atoms in total. The van der Waals surface area contributed by atoms with Crippen molar-refractivity contribution < 1.29 is 18.0 Å². The molecule has 0 unspecified atom stereocenters. The van der Waals surface area contributed by atoms with E-state index in [2.05, 4.69) is 4.72 Å². The number of hydrogen-bond donors (Lipinski definition) is 1. The van der Waals surface area contributed by atoms with Gasteiger partial charge in [0.1, 0.15) is 0 Å². The van der Waals surface area contributed by atoms with Gasteiger partial charge < -0.3 is 0 Å². The van der Waals surface area contributed by atoms with Gasteiger partial charge in [-0.25, -0.2) is 8.42 Å². The normalized spacial score (nSPS) is 15.2. The number of hydrogen-bond acceptors (Lipinski definition) is 4. The van der Waals surface area contributed by atoms with Gasteiger partial charge in [-0.1, -0.05) is 19.1 Å². The molecule has 1 fully saturated rings. The van der Waals surface area contributed by atoms with Gasteiger partial charge in [-0.15, -0.1) is 0 Å². The third-order valence-corrected chi connectivity index (χ3v) is 5.70. The predicted molar refractivity (Wildman–Crippen MR) is 99.4 cm³/mol. The van der Waals surface area contributed by atoms with E-state index in [1.807, 2.05) is 19.1 Å². The number of piperidine rings is 1. The van der Waals surface area contributed by atoms with Crippen molar-refractivity contribution in [1.82, 2.24) is 0 Å². The van der Waals surface area contributed by atoms with E-state index < -0.39 is 10.0 Å². The summed E-state index contributed by atoms with van der Waals surface area (Å²) in [5, 5.41) is 0. The molecule has 1 saturated heterocycles. The Morgan fingerprint density at radius 2 is 1.50 bits per heavy atom. The molecule has 1 aliphatic heterocycles. The van der Waals surface area contributed by atoms with E-state index in [4.69, 9.17) is 0 Å². The molecule has 1 aliphatic rings. The number of carbonyl (C=O) groups is 2. The fourth-order valence-electron chi connectivity index (χ4n) is 2.84. The Labute approximate surface area is 152 Å². The second kappa shape index (κ2) is 7.29. The molecule has 0 atom stereocenters. The van der Waals surface area contributed by atoms with Crippen molar-refractivity contribution in [3.05, 3.63) is 54.1 Å². The number of amides is 2. The van der Waals surface area contributed by atoms with Gasteiger partial charge in [0.15, 0.2) is 0 Å². The summed E-state index contributed by atoms with van der Waals surface area (Å²) < 4.78 is 27.6. The highest BCUT2D eigenvalue weighted by Crippen LogP contribution is 2.24. The number of rotatable bonds is 5. The van der Waals surface area contributed by atoms with Gasteiger partial charge in [-0.3, -0.25) is 19.2 Å². The van der Waals surface area contributed by atoms with Crippen LogP contribution in [0, 0.1) is 0 Å². The number of nitrogens with zero attached hydrogens (tertiary/aromatic N) is 1. The van der Waals surface area contributed by atoms with Gasteiger partial charge in [0.25, 0.3) is 10.0 Å². The van der Waals surface area contributed by atoms with E-state index in [1.165, 1.54) is 24.3 Å². The van der Waals surface area contributed by atoms with E-state index in [0.29, 0.717) is 30.6 Å². The first-order chi connectivity index (χ1) is 12.4. The monoisotopic (exact) mass is 372 g/mol. The van der Waals surface area contributed by atoms with Gasteiger partial charge in [-0.05, 0) is 54.8 Å². The zero-order valence-corrected chi connectivity index (χ0v) is 15.3. The van der Waals surface area contributed by atoms with Crippen LogP contribution in [0.5, 0.6) is 0 Å². The SMILES string of the molecule is CCc1ccc(NS(=O)(=O)c2ccc(N3C(=O)CCCC3=O)cc2)cc1. The van der Waals surface area contributed by atoms with Crippen molar-refractivity contribution in [3.8, 4) is 0 Å². The number of nitrogens with one attached hydrogen (secondary N) is 1. The number of aryl methyl sites for hydroxylation is 1. The Kier molecular flexibility index (Phi) is 5.08. The number of imide groups is 1. The van der Waals surface area contributed by atoms with Crippen molar-refractivity contribution in [3.63, 3.8) is 0 Å². The molecule has 0 radical (unpaired) electrons. The second-order valence-corrected chi connectivity index (χ2v) is 7.81. The summed E-state index contributed by atoms with van der Waals surface area (Å²) in [5.41, 5.74) is 1.99. The maximum atomic E-state index is 12.5. The first kappa shape index (κ1) is 18.1. The van der Waals surface area contributed by atoms with Crippen LogP contribution in [0.3, 0.4) is 0 Å². The molecule has 2 amide bonds. The zero-order valence-electron chi connectivity index (χ0n) is 14.4. The lowest BCUT2D eigenvalue weighted by Gasteiger charge is -2.24. The summed E-state index contributed by atoms with van der Waals surface area (Å²) in [4.78, 5) is 25.1. The minimum Gasteiger partial charge on any atom is -0.280 e. The van der Waals surface area contributed by atoms with Crippen LogP contribution >= 0.6 is 0 Å². The van der Waals surface area contributed by atoms with Crippen LogP contribution in [0.25, 0.3) is 0 Å². The number of benzene rings is 2. The Morgan fingerprint density at radius 3 is 2.04 bits per heavy atom. The smallest absolute Gasteiger partial charge is 0.261 e. The van der Waals surface area contributed by atoms with E-state index in [0.717, 1.165) is 16.9 Å². The summed E-state index contributed by atoms with van der Waals surface area (Å²) >= 11 is 0. The van der Waals surface area contributed by atoms with Crippen LogP contribution in [-0.2, 0) is 26.0 Å². The summed E-state index contributed by atoms with van der Waals surface area (Å²) in [6.07, 6.45) is 2.08. The van der Waals surface area contributed by atoms with Crippen LogP contribution in [0.1, 0.15) is 31.7 Å². The molecule has 0 saturated carbocycles. The first-order valence-electron chi connectivity index (χ1n) is 8.48. The molecular formula is C19H20N2O4S. The Hall–Kier alpha value is -2.67. The maximum absolute atomic E-state index is 12.5. The van der Waals surface area contributed by atoms with Crippen molar-refractivity contribution in [2.75, 3.05) is 9.62 Å². The molecule has 1 N–H and O–H groups in total. The van der Waals surface area contributed by atoms with E-state index in [-0.39, 0.29) is 16.7 Å². The third kappa shape index (κ3) is 3.77. The fourth-order valence-corrected chi connectivity index (χ4v) is 3.90. The molecule has 3 rings (SSSR count). The average molecular weight is 372 g/mol. The van der Waals surface area contributed by atoms with Crippen molar-refractivity contribution in [2.45, 2.75) is 37.5 Å². The van der Waals surface area contributed by atoms with Crippen LogP contribution in [0.15, 0.2) is 53.4 Å². The van der Waals surface area contributed by atoms with Crippen LogP contribution in [-0.4, -0.2) is 20.2 Å². The largest absolute Gasteiger partial charge is 0.280 e. The van der Waals surface area contributed by atoms with E-state index in [9.17, 15) is 18.0 Å². The van der Waals surface area contributed by atoms with Crippen molar-refractivity contribution in [1.29, 1.82) is 0 Å². The molecule has 7 heteroatoms. The summed E-state index contributed by atoms with van der Waals surface area (Å²) in [6, 6.07) is 12.9. The number of sulfonamides is 1. The number of carbonyl (C=O) groups excluding carboxylic acids is 2. The van der Waals surface area contributed by atoms with Crippen molar-refractivity contribution >= 4 is 33.2 Å². The minimum atomic E-state index is -3.75. The van der Waals surface area contributed by atoms with E-state index in [1.54, 1.807) is 12.1 Å². The van der Waals surface area contributed by atoms with Gasteiger partial charge >= 0.3 is 0 Å². The Balaban J connectivity index is 1.80. The molecular weight excluding hydrogens is 352 g/mol. The molecule has 26 heavy (non-hydrogen) atoms. The van der Waals surface area contributed by atoms with Gasteiger partial charge in [0.05, 0.1) is 10.6 Å². The minimum absolute atomic E-state index is 0.0673. The van der Waals surface area contributed by atoms with Gasteiger partial charge in [0.2, 0.25) is 11.8 Å². The molecule has 1 heterocycles. The lowest BCUT2D eigenvalue weighted by Crippen LogP contribution is -2.40. The Bertz CT molecular complexity index is 903. The highest BCUT2D eigenvalue weighted by Gasteiger charge is 2.27. The summed E-state index contributed by atoms with van der Waals surface area (Å²) in [5.74, 6) is -0.517. The standard InChI is InChI=1S/C19H20N2O4S/c1-2-14-6-8-15(9-7-14)20-26(24,25)17-12-10-16(11-13-17)21-18(22)4-3-5-19(21)23/h6-13,20H,2-5H2,1H3. The van der Waals surface area contributed by atoms with Crippen LogP contribution < -0.4 is 9.62 Å². The highest BCUT2D eigenvalue weighted by atomic mass is 32.2. The second-order valence-electron chi connectivity index (χ2n) is 6.13. The summed E-state index contributed by atoms with van der Waals surface area (Å²) in [6.45, 7) is 2.03. The fraction of sp³-hybridized carbons (Fsp3) is 0.263. The molecule has 2 aromatic rings. The Morgan fingerprint density at radius 1 is 0.923 bits per heavy atom. The van der Waals surface area contributed by atoms with E-state index >= 15 is 0 Å². The molecule has 0 aromatic heterocycles. The van der Waals surface area contributed by atoms with Gasteiger partial charge in [-0.2, -0.15) is 0 Å². The van der Waals surface area contributed by atoms with Crippen molar-refractivity contribution in [2.24, 2.45) is 0 Å². The maximum Gasteiger partial charge on any atom is 0.261 e. The first-order valence-corrected chi connectivity index (χ1v) is 9.96. The molecule has 0 bridgehead atoms. The number of anilines is 2. The van der Waals surface area contributed by atoms with Crippen LogP contribution in [0.2, 0.25) is 0 Å². The molecule has 136 valence electrons. The molecule has 0 aliphatic carbocycles. The van der Waals surface area contributed by atoms with Crippen LogP contribution in [0.4, 0.5) is 11.4 Å². The van der Waals surface area contributed by atoms with Gasteiger partial charge in [0, 0.05) is 18.5 Å².